The maximum Gasteiger partial charge on any atom is 0.411 e. The van der Waals surface area contributed by atoms with Gasteiger partial charge in [0, 0.05) is 12.1 Å². The second-order valence-corrected chi connectivity index (χ2v) is 5.63. The van der Waals surface area contributed by atoms with Crippen molar-refractivity contribution in [2.45, 2.75) is 32.2 Å². The molecule has 3 rings (SSSR count). The van der Waals surface area contributed by atoms with Crippen LogP contribution in [-0.2, 0) is 16.1 Å². The molecular formula is C19H21NO4. The largest absolute Gasteiger partial charge is 0.465 e. The van der Waals surface area contributed by atoms with Gasteiger partial charge in [-0.05, 0) is 42.7 Å². The van der Waals surface area contributed by atoms with Crippen molar-refractivity contribution in [2.75, 3.05) is 11.9 Å². The predicted octanol–water partition coefficient (Wildman–Crippen LogP) is 4.34. The Morgan fingerprint density at radius 3 is 2.58 bits per heavy atom. The summed E-state index contributed by atoms with van der Waals surface area (Å²) in [4.78, 5) is 11.8. The van der Waals surface area contributed by atoms with Crippen molar-refractivity contribution in [2.24, 2.45) is 0 Å². The number of carbonyl (C=O) groups excluding carboxylic acids is 1. The molecule has 24 heavy (non-hydrogen) atoms. The molecule has 1 fully saturated rings. The third kappa shape index (κ3) is 4.99. The Morgan fingerprint density at radius 2 is 1.88 bits per heavy atom. The minimum Gasteiger partial charge on any atom is -0.465 e. The molecule has 5 nitrogen and oxygen atoms in total. The van der Waals surface area contributed by atoms with Crippen LogP contribution < -0.4 is 10.1 Å². The zero-order chi connectivity index (χ0) is 16.6. The van der Waals surface area contributed by atoms with Crippen LogP contribution >= 0.6 is 0 Å². The summed E-state index contributed by atoms with van der Waals surface area (Å²) < 4.78 is 16.5. The van der Waals surface area contributed by atoms with Crippen molar-refractivity contribution < 1.29 is 19.0 Å². The third-order valence-electron chi connectivity index (χ3n) is 3.72. The molecule has 0 aliphatic carbocycles. The van der Waals surface area contributed by atoms with Gasteiger partial charge in [-0.25, -0.2) is 4.79 Å². The van der Waals surface area contributed by atoms with Crippen molar-refractivity contribution in [1.29, 1.82) is 0 Å². The van der Waals surface area contributed by atoms with Gasteiger partial charge in [0.05, 0.1) is 6.61 Å². The van der Waals surface area contributed by atoms with E-state index in [-0.39, 0.29) is 12.9 Å². The van der Waals surface area contributed by atoms with E-state index in [0.29, 0.717) is 5.69 Å². The predicted molar refractivity (Wildman–Crippen MR) is 90.9 cm³/mol. The van der Waals surface area contributed by atoms with Gasteiger partial charge in [-0.15, -0.1) is 0 Å². The molecule has 1 heterocycles. The molecule has 1 amide bonds. The quantitative estimate of drug-likeness (QED) is 0.887. The van der Waals surface area contributed by atoms with Gasteiger partial charge >= 0.3 is 6.09 Å². The summed E-state index contributed by atoms with van der Waals surface area (Å²) in [5, 5.41) is 2.70. The summed E-state index contributed by atoms with van der Waals surface area (Å²) >= 11 is 0. The van der Waals surface area contributed by atoms with Crippen molar-refractivity contribution in [3.05, 3.63) is 60.2 Å². The zero-order valence-corrected chi connectivity index (χ0v) is 13.4. The lowest BCUT2D eigenvalue weighted by Crippen LogP contribution is -2.24. The summed E-state index contributed by atoms with van der Waals surface area (Å²) in [6.07, 6.45) is 2.47. The van der Waals surface area contributed by atoms with Crippen LogP contribution in [-0.4, -0.2) is 19.0 Å². The maximum atomic E-state index is 11.8. The molecule has 0 radical (unpaired) electrons. The Kier molecular flexibility index (Phi) is 5.69. The van der Waals surface area contributed by atoms with Crippen LogP contribution in [0.3, 0.4) is 0 Å². The number of carbonyl (C=O) groups is 1. The Bertz CT molecular complexity index is 636. The number of hydrogen-bond donors (Lipinski definition) is 1. The van der Waals surface area contributed by atoms with Gasteiger partial charge in [0.25, 0.3) is 0 Å². The summed E-state index contributed by atoms with van der Waals surface area (Å²) in [6, 6.07) is 16.7. The van der Waals surface area contributed by atoms with Crippen LogP contribution in [0.5, 0.6) is 5.75 Å². The average Bonchev–Trinajstić information content (AvgIpc) is 2.63. The molecule has 1 unspecified atom stereocenters. The first-order valence-corrected chi connectivity index (χ1v) is 8.15. The molecule has 0 bridgehead atoms. The van der Waals surface area contributed by atoms with Gasteiger partial charge in [-0.2, -0.15) is 0 Å². The molecule has 2 aromatic rings. The normalized spacial score (nSPS) is 17.1. The Hall–Kier alpha value is -2.53. The number of ether oxygens (including phenoxy) is 3. The van der Waals surface area contributed by atoms with Gasteiger partial charge in [-0.3, -0.25) is 5.32 Å². The number of nitrogens with one attached hydrogen (secondary N) is 1. The lowest BCUT2D eigenvalue weighted by atomic mass is 10.2. The fraction of sp³-hybridized carbons (Fsp3) is 0.316. The Morgan fingerprint density at radius 1 is 1.08 bits per heavy atom. The molecule has 0 saturated carbocycles. The maximum absolute atomic E-state index is 11.8. The average molecular weight is 327 g/mol. The van der Waals surface area contributed by atoms with Crippen molar-refractivity contribution in [1.82, 2.24) is 0 Å². The van der Waals surface area contributed by atoms with E-state index in [4.69, 9.17) is 14.2 Å². The zero-order valence-electron chi connectivity index (χ0n) is 13.4. The number of amides is 1. The summed E-state index contributed by atoms with van der Waals surface area (Å²) in [5.41, 5.74) is 1.61. The van der Waals surface area contributed by atoms with E-state index >= 15 is 0 Å². The highest BCUT2D eigenvalue weighted by molar-refractivity contribution is 5.84. The van der Waals surface area contributed by atoms with Crippen LogP contribution in [0, 0.1) is 0 Å². The second-order valence-electron chi connectivity index (χ2n) is 5.63. The van der Waals surface area contributed by atoms with Gasteiger partial charge in [0.1, 0.15) is 12.4 Å². The smallest absolute Gasteiger partial charge is 0.411 e. The number of hydrogen-bond acceptors (Lipinski definition) is 4. The van der Waals surface area contributed by atoms with Crippen molar-refractivity contribution in [3.8, 4) is 5.75 Å². The lowest BCUT2D eigenvalue weighted by molar-refractivity contribution is -0.105. The Labute approximate surface area is 141 Å². The van der Waals surface area contributed by atoms with Crippen molar-refractivity contribution in [3.63, 3.8) is 0 Å². The van der Waals surface area contributed by atoms with Crippen LogP contribution in [0.1, 0.15) is 24.8 Å². The highest BCUT2D eigenvalue weighted by Gasteiger charge is 2.15. The molecule has 5 heteroatoms. The van der Waals surface area contributed by atoms with Gasteiger partial charge < -0.3 is 14.2 Å². The molecule has 1 saturated heterocycles. The minimum atomic E-state index is -0.483. The lowest BCUT2D eigenvalue weighted by Gasteiger charge is -2.23. The van der Waals surface area contributed by atoms with Crippen LogP contribution in [0.15, 0.2) is 54.6 Å². The minimum absolute atomic E-state index is 0.173. The highest BCUT2D eigenvalue weighted by atomic mass is 16.7. The van der Waals surface area contributed by atoms with Crippen LogP contribution in [0.2, 0.25) is 0 Å². The van der Waals surface area contributed by atoms with E-state index in [2.05, 4.69) is 5.32 Å². The Balaban J connectivity index is 1.45. The van der Waals surface area contributed by atoms with Gasteiger partial charge in [0.15, 0.2) is 6.29 Å². The first kappa shape index (κ1) is 16.3. The van der Waals surface area contributed by atoms with Crippen LogP contribution in [0.4, 0.5) is 10.5 Å². The molecule has 126 valence electrons. The topological polar surface area (TPSA) is 56.8 Å². The second kappa shape index (κ2) is 8.36. The van der Waals surface area contributed by atoms with E-state index in [9.17, 15) is 4.79 Å². The fourth-order valence-corrected chi connectivity index (χ4v) is 2.45. The number of anilines is 1. The molecule has 0 spiro atoms. The first-order valence-electron chi connectivity index (χ1n) is 8.15. The summed E-state index contributed by atoms with van der Waals surface area (Å²) in [7, 11) is 0. The van der Waals surface area contributed by atoms with Gasteiger partial charge in [0.2, 0.25) is 0 Å². The molecule has 1 N–H and O–H groups in total. The molecule has 1 atom stereocenters. The van der Waals surface area contributed by atoms with E-state index < -0.39 is 6.09 Å². The van der Waals surface area contributed by atoms with Gasteiger partial charge in [-0.1, -0.05) is 30.3 Å². The van der Waals surface area contributed by atoms with Crippen LogP contribution in [0.25, 0.3) is 0 Å². The third-order valence-corrected chi connectivity index (χ3v) is 3.72. The molecule has 1 aliphatic heterocycles. The van der Waals surface area contributed by atoms with E-state index in [1.54, 1.807) is 12.1 Å². The summed E-state index contributed by atoms with van der Waals surface area (Å²) in [6.45, 7) is 0.991. The highest BCUT2D eigenvalue weighted by Crippen LogP contribution is 2.21. The fourth-order valence-electron chi connectivity index (χ4n) is 2.45. The SMILES string of the molecule is O=C(Nc1ccc(OC2CCCCO2)cc1)OCc1ccccc1. The monoisotopic (exact) mass is 327 g/mol. The number of rotatable bonds is 5. The molecule has 2 aromatic carbocycles. The molecular weight excluding hydrogens is 306 g/mol. The summed E-state index contributed by atoms with van der Waals surface area (Å²) in [5.74, 6) is 0.727. The first-order chi connectivity index (χ1) is 11.8. The molecule has 0 aromatic heterocycles. The van der Waals surface area contributed by atoms with Crippen molar-refractivity contribution >= 4 is 11.8 Å². The van der Waals surface area contributed by atoms with E-state index in [1.807, 2.05) is 42.5 Å². The standard InChI is InChI=1S/C19H21NO4/c21-19(23-14-15-6-2-1-3-7-15)20-16-9-11-17(12-10-16)24-18-8-4-5-13-22-18/h1-3,6-7,9-12,18H,4-5,8,13-14H2,(H,20,21). The molecule has 1 aliphatic rings. The van der Waals surface area contributed by atoms with E-state index in [1.165, 1.54) is 0 Å². The number of benzene rings is 2. The van der Waals surface area contributed by atoms with E-state index in [0.717, 1.165) is 37.2 Å².